The second-order valence-electron chi connectivity index (χ2n) is 2.62. The van der Waals surface area contributed by atoms with E-state index in [0.717, 1.165) is 12.8 Å². The van der Waals surface area contributed by atoms with E-state index in [2.05, 4.69) is 0 Å². The zero-order valence-electron chi connectivity index (χ0n) is 4.64. The molecule has 1 heterocycles. The van der Waals surface area contributed by atoms with Crippen molar-refractivity contribution in [1.82, 2.24) is 0 Å². The fraction of sp³-hybridized carbons (Fsp3) is 1.00. The average molecular weight is 133 g/mol. The Hall–Kier alpha value is 0.250. The molecule has 0 radical (unpaired) electrons. The molecule has 2 aliphatic rings. The van der Waals surface area contributed by atoms with Gasteiger partial charge in [0.2, 0.25) is 0 Å². The zero-order valence-corrected chi connectivity index (χ0v) is 5.40. The van der Waals surface area contributed by atoms with Crippen LogP contribution in [-0.4, -0.2) is 17.6 Å². The number of hydrogen-bond donors (Lipinski definition) is 0. The van der Waals surface area contributed by atoms with Gasteiger partial charge in [-0.1, -0.05) is 0 Å². The molecule has 1 saturated carbocycles. The lowest BCUT2D eigenvalue weighted by molar-refractivity contribution is 0.373. The third-order valence-electron chi connectivity index (χ3n) is 1.94. The standard InChI is InChI=1S/C6H9ClO/c7-4-1-2-5-6(3-4)8-5/h4-6H,1-3H2/t4-,5-,6+/m0/s1. The van der Waals surface area contributed by atoms with Crippen molar-refractivity contribution in [2.45, 2.75) is 36.8 Å². The summed E-state index contributed by atoms with van der Waals surface area (Å²) in [5.41, 5.74) is 0. The van der Waals surface area contributed by atoms with Crippen LogP contribution >= 0.6 is 11.6 Å². The molecule has 2 heteroatoms. The molecular formula is C6H9ClO. The lowest BCUT2D eigenvalue weighted by Gasteiger charge is -2.09. The summed E-state index contributed by atoms with van der Waals surface area (Å²) in [7, 11) is 0. The molecule has 0 spiro atoms. The molecule has 0 bridgehead atoms. The molecule has 8 heavy (non-hydrogen) atoms. The van der Waals surface area contributed by atoms with Crippen LogP contribution in [0, 0.1) is 0 Å². The van der Waals surface area contributed by atoms with Gasteiger partial charge in [-0.3, -0.25) is 0 Å². The summed E-state index contributed by atoms with van der Waals surface area (Å²) in [6, 6.07) is 0. The van der Waals surface area contributed by atoms with E-state index in [1.54, 1.807) is 0 Å². The van der Waals surface area contributed by atoms with Crippen molar-refractivity contribution in [1.29, 1.82) is 0 Å². The fourth-order valence-corrected chi connectivity index (χ4v) is 1.66. The molecule has 0 aromatic rings. The number of alkyl halides is 1. The molecule has 46 valence electrons. The molecule has 0 unspecified atom stereocenters. The van der Waals surface area contributed by atoms with Gasteiger partial charge >= 0.3 is 0 Å². The summed E-state index contributed by atoms with van der Waals surface area (Å²) in [6.45, 7) is 0. The van der Waals surface area contributed by atoms with Crippen LogP contribution in [-0.2, 0) is 4.74 Å². The van der Waals surface area contributed by atoms with Crippen molar-refractivity contribution in [2.24, 2.45) is 0 Å². The summed E-state index contributed by atoms with van der Waals surface area (Å²) < 4.78 is 5.26. The van der Waals surface area contributed by atoms with E-state index >= 15 is 0 Å². The highest BCUT2D eigenvalue weighted by atomic mass is 35.5. The lowest BCUT2D eigenvalue weighted by atomic mass is 10.0. The highest BCUT2D eigenvalue weighted by Crippen LogP contribution is 2.38. The summed E-state index contributed by atoms with van der Waals surface area (Å²) in [5.74, 6) is 0. The van der Waals surface area contributed by atoms with Gasteiger partial charge in [-0.2, -0.15) is 0 Å². The molecule has 1 saturated heterocycles. The number of epoxide rings is 1. The predicted octanol–water partition coefficient (Wildman–Crippen LogP) is 1.55. The molecule has 1 aliphatic carbocycles. The molecular weight excluding hydrogens is 124 g/mol. The van der Waals surface area contributed by atoms with Crippen LogP contribution in [0.1, 0.15) is 19.3 Å². The summed E-state index contributed by atoms with van der Waals surface area (Å²) in [5, 5.41) is 0.402. The number of fused-ring (bicyclic) bond motifs is 1. The van der Waals surface area contributed by atoms with Gasteiger partial charge in [0.25, 0.3) is 0 Å². The van der Waals surface area contributed by atoms with Gasteiger partial charge < -0.3 is 4.74 Å². The topological polar surface area (TPSA) is 12.5 Å². The SMILES string of the molecule is Cl[C@H]1CC[C@@H]2O[C@@H]2C1. The number of ether oxygens (including phenoxy) is 1. The Kier molecular flexibility index (Phi) is 1.02. The Balaban J connectivity index is 1.93. The van der Waals surface area contributed by atoms with Crippen LogP contribution in [0.5, 0.6) is 0 Å². The molecule has 0 N–H and O–H groups in total. The van der Waals surface area contributed by atoms with E-state index in [0.29, 0.717) is 17.6 Å². The van der Waals surface area contributed by atoms with Gasteiger partial charge in [0, 0.05) is 5.38 Å². The summed E-state index contributed by atoms with van der Waals surface area (Å²) in [6.07, 6.45) is 4.59. The van der Waals surface area contributed by atoms with Crippen LogP contribution in [0.25, 0.3) is 0 Å². The zero-order chi connectivity index (χ0) is 5.56. The van der Waals surface area contributed by atoms with Crippen molar-refractivity contribution < 1.29 is 4.74 Å². The van der Waals surface area contributed by atoms with E-state index in [9.17, 15) is 0 Å². The quantitative estimate of drug-likeness (QED) is 0.360. The minimum atomic E-state index is 0.402. The molecule has 1 nitrogen and oxygen atoms in total. The highest BCUT2D eigenvalue weighted by molar-refractivity contribution is 6.20. The molecule has 2 rings (SSSR count). The molecule has 0 aromatic carbocycles. The van der Waals surface area contributed by atoms with Crippen LogP contribution < -0.4 is 0 Å². The van der Waals surface area contributed by atoms with E-state index < -0.39 is 0 Å². The molecule has 0 aromatic heterocycles. The first-order chi connectivity index (χ1) is 3.86. The van der Waals surface area contributed by atoms with Crippen LogP contribution in [0.4, 0.5) is 0 Å². The van der Waals surface area contributed by atoms with Crippen molar-refractivity contribution in [2.75, 3.05) is 0 Å². The first-order valence-corrected chi connectivity index (χ1v) is 3.59. The van der Waals surface area contributed by atoms with Crippen LogP contribution in [0.2, 0.25) is 0 Å². The average Bonchev–Trinajstić information content (AvgIpc) is 2.43. The fourth-order valence-electron chi connectivity index (χ4n) is 1.36. The van der Waals surface area contributed by atoms with Crippen LogP contribution in [0.15, 0.2) is 0 Å². The molecule has 1 aliphatic heterocycles. The maximum absolute atomic E-state index is 5.86. The summed E-state index contributed by atoms with van der Waals surface area (Å²) in [4.78, 5) is 0. The third-order valence-corrected chi connectivity index (χ3v) is 2.34. The Morgan fingerprint density at radius 1 is 1.25 bits per heavy atom. The first-order valence-electron chi connectivity index (χ1n) is 3.16. The van der Waals surface area contributed by atoms with E-state index in [4.69, 9.17) is 16.3 Å². The van der Waals surface area contributed by atoms with Crippen molar-refractivity contribution in [3.63, 3.8) is 0 Å². The smallest absolute Gasteiger partial charge is 0.0856 e. The minimum Gasteiger partial charge on any atom is -0.370 e. The van der Waals surface area contributed by atoms with E-state index in [1.807, 2.05) is 0 Å². The van der Waals surface area contributed by atoms with Gasteiger partial charge in [-0.05, 0) is 19.3 Å². The maximum atomic E-state index is 5.86. The maximum Gasteiger partial charge on any atom is 0.0856 e. The van der Waals surface area contributed by atoms with Gasteiger partial charge in [0.15, 0.2) is 0 Å². The van der Waals surface area contributed by atoms with Gasteiger partial charge in [0.1, 0.15) is 0 Å². The van der Waals surface area contributed by atoms with E-state index in [1.165, 1.54) is 6.42 Å². The van der Waals surface area contributed by atoms with Crippen molar-refractivity contribution in [3.8, 4) is 0 Å². The molecule has 2 fully saturated rings. The molecule has 0 amide bonds. The molecule has 3 atom stereocenters. The Labute approximate surface area is 54.0 Å². The Morgan fingerprint density at radius 2 is 2.12 bits per heavy atom. The van der Waals surface area contributed by atoms with Gasteiger partial charge in [-0.15, -0.1) is 11.6 Å². The number of hydrogen-bond acceptors (Lipinski definition) is 1. The van der Waals surface area contributed by atoms with Gasteiger partial charge in [-0.25, -0.2) is 0 Å². The Morgan fingerprint density at radius 3 is 2.75 bits per heavy atom. The highest BCUT2D eigenvalue weighted by Gasteiger charge is 2.43. The number of halogens is 1. The van der Waals surface area contributed by atoms with Crippen molar-refractivity contribution in [3.05, 3.63) is 0 Å². The first kappa shape index (κ1) is 5.07. The normalized spacial score (nSPS) is 52.9. The second-order valence-corrected chi connectivity index (χ2v) is 3.24. The third kappa shape index (κ3) is 0.741. The Bertz CT molecular complexity index is 105. The van der Waals surface area contributed by atoms with Crippen LogP contribution in [0.3, 0.4) is 0 Å². The summed E-state index contributed by atoms with van der Waals surface area (Å²) >= 11 is 5.86. The monoisotopic (exact) mass is 132 g/mol. The second kappa shape index (κ2) is 1.61. The van der Waals surface area contributed by atoms with E-state index in [-0.39, 0.29) is 0 Å². The largest absolute Gasteiger partial charge is 0.370 e. The van der Waals surface area contributed by atoms with Gasteiger partial charge in [0.05, 0.1) is 12.2 Å². The lowest BCUT2D eigenvalue weighted by Crippen LogP contribution is -2.12. The van der Waals surface area contributed by atoms with Crippen molar-refractivity contribution >= 4 is 11.6 Å². The number of rotatable bonds is 0. The minimum absolute atomic E-state index is 0.402. The predicted molar refractivity (Wildman–Crippen MR) is 32.2 cm³/mol.